The summed E-state index contributed by atoms with van der Waals surface area (Å²) in [6, 6.07) is 1.08. The van der Waals surface area contributed by atoms with Gasteiger partial charge in [0.25, 0.3) is 5.91 Å². The van der Waals surface area contributed by atoms with Crippen molar-refractivity contribution in [3.8, 4) is 6.07 Å². The number of rotatable bonds is 1. The fourth-order valence-corrected chi connectivity index (χ4v) is 4.85. The number of likely N-dealkylation sites (tertiary alicyclic amines) is 1. The lowest BCUT2D eigenvalue weighted by atomic mass is 9.99. The minimum Gasteiger partial charge on any atom is -0.327 e. The molecule has 3 heterocycles. The average Bonchev–Trinajstić information content (AvgIpc) is 3.22. The third-order valence-electron chi connectivity index (χ3n) is 5.98. The molecule has 4 amide bonds. The van der Waals surface area contributed by atoms with Crippen LogP contribution in [0.25, 0.3) is 0 Å². The van der Waals surface area contributed by atoms with E-state index >= 15 is 0 Å². The average molecular weight is 427 g/mol. The van der Waals surface area contributed by atoms with E-state index in [0.29, 0.717) is 10.5 Å². The molecule has 3 aliphatic heterocycles. The standard InChI is InChI=1S/C18H14ClF3N4O3/c1-7-10(4-3-9(5-23)12(7)19)26-15(27)14-13-8(2)11(25(14)17(26)29)6-24(13)16(28)18(20,21)22/h3-4,8,11,13-14H,6H2,1-2H3/t8-,11?,13?,14-/m0/s1. The van der Waals surface area contributed by atoms with Gasteiger partial charge in [-0.1, -0.05) is 18.5 Å². The van der Waals surface area contributed by atoms with Gasteiger partial charge in [0.05, 0.1) is 28.4 Å². The minimum absolute atomic E-state index is 0.0860. The quantitative estimate of drug-likeness (QED) is 0.646. The first-order chi connectivity index (χ1) is 13.5. The maximum absolute atomic E-state index is 13.1. The number of hydrogen-bond donors (Lipinski definition) is 0. The zero-order valence-corrected chi connectivity index (χ0v) is 16.0. The summed E-state index contributed by atoms with van der Waals surface area (Å²) in [6.07, 6.45) is -5.06. The number of alkyl halides is 3. The molecular formula is C18H14ClF3N4O3. The van der Waals surface area contributed by atoms with Crippen molar-refractivity contribution in [2.75, 3.05) is 11.4 Å². The number of carbonyl (C=O) groups is 3. The van der Waals surface area contributed by atoms with E-state index < -0.39 is 48.1 Å². The Bertz CT molecular complexity index is 1010. The summed E-state index contributed by atoms with van der Waals surface area (Å²) in [5.74, 6) is -3.18. The van der Waals surface area contributed by atoms with Gasteiger partial charge in [0.1, 0.15) is 12.1 Å². The lowest BCUT2D eigenvalue weighted by Crippen LogP contribution is -2.57. The van der Waals surface area contributed by atoms with Crippen LogP contribution in [-0.4, -0.2) is 58.5 Å². The molecule has 0 radical (unpaired) electrons. The van der Waals surface area contributed by atoms with E-state index in [4.69, 9.17) is 16.9 Å². The third kappa shape index (κ3) is 2.46. The van der Waals surface area contributed by atoms with Gasteiger partial charge < -0.3 is 9.80 Å². The van der Waals surface area contributed by atoms with E-state index in [1.54, 1.807) is 13.8 Å². The molecule has 0 aromatic heterocycles. The predicted molar refractivity (Wildman–Crippen MR) is 93.9 cm³/mol. The zero-order valence-electron chi connectivity index (χ0n) is 15.2. The van der Waals surface area contributed by atoms with Crippen LogP contribution in [0.2, 0.25) is 5.02 Å². The van der Waals surface area contributed by atoms with Gasteiger partial charge in [-0.05, 0) is 24.6 Å². The van der Waals surface area contributed by atoms with Gasteiger partial charge in [-0.15, -0.1) is 0 Å². The molecule has 0 spiro atoms. The Kier molecular flexibility index (Phi) is 4.10. The molecule has 29 heavy (non-hydrogen) atoms. The molecule has 4 rings (SSSR count). The van der Waals surface area contributed by atoms with Crippen LogP contribution < -0.4 is 4.90 Å². The number of nitriles is 1. The highest BCUT2D eigenvalue weighted by Gasteiger charge is 2.67. The van der Waals surface area contributed by atoms with E-state index in [1.807, 2.05) is 6.07 Å². The number of nitrogens with zero attached hydrogens (tertiary/aromatic N) is 4. The number of benzene rings is 1. The van der Waals surface area contributed by atoms with Crippen molar-refractivity contribution in [2.24, 2.45) is 5.92 Å². The van der Waals surface area contributed by atoms with Crippen LogP contribution in [-0.2, 0) is 9.59 Å². The summed E-state index contributed by atoms with van der Waals surface area (Å²) in [7, 11) is 0. The number of urea groups is 1. The predicted octanol–water partition coefficient (Wildman–Crippen LogP) is 2.45. The number of anilines is 1. The first kappa shape index (κ1) is 19.5. The van der Waals surface area contributed by atoms with E-state index in [9.17, 15) is 27.6 Å². The Hall–Kier alpha value is -2.80. The minimum atomic E-state index is -5.06. The zero-order chi connectivity index (χ0) is 21.4. The molecule has 4 atom stereocenters. The second-order valence-corrected chi connectivity index (χ2v) is 7.74. The Balaban J connectivity index is 1.73. The molecule has 0 N–H and O–H groups in total. The monoisotopic (exact) mass is 426 g/mol. The molecule has 2 unspecified atom stereocenters. The number of fused-ring (bicyclic) bond motifs is 5. The highest BCUT2D eigenvalue weighted by Crippen LogP contribution is 2.47. The summed E-state index contributed by atoms with van der Waals surface area (Å²) in [6.45, 7) is 2.89. The van der Waals surface area contributed by atoms with Crippen LogP contribution in [0.3, 0.4) is 0 Å². The Morgan fingerprint density at radius 3 is 2.55 bits per heavy atom. The van der Waals surface area contributed by atoms with Crippen molar-refractivity contribution in [1.29, 1.82) is 5.26 Å². The molecule has 152 valence electrons. The van der Waals surface area contributed by atoms with Crippen molar-refractivity contribution in [3.05, 3.63) is 28.3 Å². The SMILES string of the molecule is Cc1c(N2C(=O)[C@@H]3C4[C@@H](C)C(CN4C(=O)C(F)(F)F)N3C2=O)ccc(C#N)c1Cl. The number of carbonyl (C=O) groups excluding carboxylic acids is 3. The first-order valence-electron chi connectivity index (χ1n) is 8.74. The van der Waals surface area contributed by atoms with Gasteiger partial charge >= 0.3 is 18.1 Å². The van der Waals surface area contributed by atoms with Crippen LogP contribution in [0.4, 0.5) is 23.7 Å². The second-order valence-electron chi connectivity index (χ2n) is 7.36. The van der Waals surface area contributed by atoms with Crippen LogP contribution >= 0.6 is 11.6 Å². The van der Waals surface area contributed by atoms with Crippen molar-refractivity contribution in [3.63, 3.8) is 0 Å². The highest BCUT2D eigenvalue weighted by molar-refractivity contribution is 6.33. The van der Waals surface area contributed by atoms with E-state index in [1.165, 1.54) is 17.0 Å². The lowest BCUT2D eigenvalue weighted by Gasteiger charge is -2.35. The van der Waals surface area contributed by atoms with Gasteiger partial charge in [-0.25, -0.2) is 9.69 Å². The molecular weight excluding hydrogens is 413 g/mol. The summed E-state index contributed by atoms with van der Waals surface area (Å²) >= 11 is 6.14. The van der Waals surface area contributed by atoms with Crippen molar-refractivity contribution < 1.29 is 27.6 Å². The smallest absolute Gasteiger partial charge is 0.327 e. The first-order valence-corrected chi connectivity index (χ1v) is 9.11. The Morgan fingerprint density at radius 2 is 1.97 bits per heavy atom. The largest absolute Gasteiger partial charge is 0.471 e. The topological polar surface area (TPSA) is 84.7 Å². The molecule has 0 aliphatic carbocycles. The second kappa shape index (κ2) is 6.10. The molecule has 3 aliphatic rings. The number of imide groups is 1. The molecule has 1 aromatic carbocycles. The van der Waals surface area contributed by atoms with Gasteiger partial charge in [-0.3, -0.25) is 9.59 Å². The summed E-state index contributed by atoms with van der Waals surface area (Å²) < 4.78 is 38.9. The third-order valence-corrected chi connectivity index (χ3v) is 6.46. The number of halogens is 4. The molecule has 2 bridgehead atoms. The van der Waals surface area contributed by atoms with Gasteiger partial charge in [0.15, 0.2) is 0 Å². The normalized spacial score (nSPS) is 28.2. The molecule has 11 heteroatoms. The van der Waals surface area contributed by atoms with Crippen LogP contribution in [0.1, 0.15) is 18.1 Å². The van der Waals surface area contributed by atoms with Gasteiger partial charge in [-0.2, -0.15) is 18.4 Å². The van der Waals surface area contributed by atoms with E-state index in [0.717, 1.165) is 4.90 Å². The summed E-state index contributed by atoms with van der Waals surface area (Å²) in [4.78, 5) is 40.8. The summed E-state index contributed by atoms with van der Waals surface area (Å²) in [5, 5.41) is 9.15. The Morgan fingerprint density at radius 1 is 1.31 bits per heavy atom. The van der Waals surface area contributed by atoms with Crippen LogP contribution in [0, 0.1) is 24.2 Å². The fourth-order valence-electron chi connectivity index (χ4n) is 4.65. The highest BCUT2D eigenvalue weighted by atomic mass is 35.5. The van der Waals surface area contributed by atoms with E-state index in [-0.39, 0.29) is 22.8 Å². The Labute approximate surface area is 168 Å². The number of amides is 4. The molecule has 1 aromatic rings. The van der Waals surface area contributed by atoms with Crippen LogP contribution in [0.15, 0.2) is 12.1 Å². The molecule has 0 saturated carbocycles. The molecule has 3 fully saturated rings. The van der Waals surface area contributed by atoms with Gasteiger partial charge in [0.2, 0.25) is 0 Å². The lowest BCUT2D eigenvalue weighted by molar-refractivity contribution is -0.188. The van der Waals surface area contributed by atoms with Gasteiger partial charge in [0, 0.05) is 12.5 Å². The van der Waals surface area contributed by atoms with Crippen molar-refractivity contribution in [2.45, 2.75) is 38.1 Å². The van der Waals surface area contributed by atoms with Crippen LogP contribution in [0.5, 0.6) is 0 Å². The van der Waals surface area contributed by atoms with Crippen molar-refractivity contribution in [1.82, 2.24) is 9.80 Å². The maximum atomic E-state index is 13.1. The molecule has 7 nitrogen and oxygen atoms in total. The fraction of sp³-hybridized carbons (Fsp3) is 0.444. The number of hydrogen-bond acceptors (Lipinski definition) is 4. The summed E-state index contributed by atoms with van der Waals surface area (Å²) in [5.41, 5.74) is 0.666. The molecule has 3 saturated heterocycles. The maximum Gasteiger partial charge on any atom is 0.471 e. The van der Waals surface area contributed by atoms with E-state index in [2.05, 4.69) is 0 Å². The van der Waals surface area contributed by atoms with Crippen molar-refractivity contribution >= 4 is 35.1 Å². The number of piperazine rings is 1.